The molecule has 0 bridgehead atoms. The molecule has 5 heteroatoms. The maximum Gasteiger partial charge on any atom is 0.245 e. The molecule has 0 amide bonds. The van der Waals surface area contributed by atoms with Crippen molar-refractivity contribution in [1.29, 1.82) is 0 Å². The molecule has 0 unspecified atom stereocenters. The fraction of sp³-hybridized carbons (Fsp3) is 0.0526. The van der Waals surface area contributed by atoms with Crippen molar-refractivity contribution >= 4 is 40.3 Å². The van der Waals surface area contributed by atoms with Crippen LogP contribution < -0.4 is 0 Å². The summed E-state index contributed by atoms with van der Waals surface area (Å²) in [6.07, 6.45) is 3.10. The first kappa shape index (κ1) is 16.0. The molecule has 0 aliphatic heterocycles. The fourth-order valence-electron chi connectivity index (χ4n) is 2.60. The molecule has 0 saturated heterocycles. The summed E-state index contributed by atoms with van der Waals surface area (Å²) in [7, 11) is 1.42. The Hall–Kier alpha value is -2.85. The average molecular weight is 340 g/mol. The zero-order valence-corrected chi connectivity index (χ0v) is 13.7. The van der Waals surface area contributed by atoms with Crippen LogP contribution in [0, 0.1) is 0 Å². The van der Waals surface area contributed by atoms with Gasteiger partial charge in [-0.15, -0.1) is 0 Å². The zero-order valence-electron chi connectivity index (χ0n) is 12.9. The van der Waals surface area contributed by atoms with Crippen LogP contribution in [0.3, 0.4) is 0 Å². The molecule has 0 aliphatic rings. The quantitative estimate of drug-likeness (QED) is 0.303. The van der Waals surface area contributed by atoms with Crippen LogP contribution in [0.4, 0.5) is 0 Å². The molecule has 3 aromatic rings. The molecule has 120 valence electrons. The number of rotatable bonds is 5. The lowest BCUT2D eigenvalue weighted by Gasteiger charge is -2.08. The van der Waals surface area contributed by atoms with E-state index < -0.39 is 5.78 Å². The lowest BCUT2D eigenvalue weighted by molar-refractivity contribution is -0.126. The van der Waals surface area contributed by atoms with E-state index in [2.05, 4.69) is 0 Å². The summed E-state index contributed by atoms with van der Waals surface area (Å²) >= 11 is 6.28. The Morgan fingerprint density at radius 1 is 1.12 bits per heavy atom. The molecule has 0 N–H and O–H groups in total. The molecule has 0 saturated carbocycles. The van der Waals surface area contributed by atoms with Gasteiger partial charge in [0.25, 0.3) is 0 Å². The summed E-state index contributed by atoms with van der Waals surface area (Å²) in [6.45, 7) is 0. The molecule has 0 atom stereocenters. The van der Waals surface area contributed by atoms with Gasteiger partial charge < -0.3 is 9.30 Å². The van der Waals surface area contributed by atoms with Gasteiger partial charge in [0.1, 0.15) is 12.0 Å². The maximum atomic E-state index is 11.9. The number of aromatic nitrogens is 1. The molecule has 0 radical (unpaired) electrons. The standard InChI is InChI=1S/C19H14ClNO3/c1-24-12-18(19(23)11-22)21-10-16(20)15-8-7-14(9-17(15)21)13-5-3-2-4-6-13/h2-12H,1H3/b18-12-. The summed E-state index contributed by atoms with van der Waals surface area (Å²) in [5.74, 6) is -0.685. The predicted molar refractivity (Wildman–Crippen MR) is 94.7 cm³/mol. The molecule has 1 heterocycles. The van der Waals surface area contributed by atoms with E-state index >= 15 is 0 Å². The van der Waals surface area contributed by atoms with Gasteiger partial charge in [0.2, 0.25) is 5.78 Å². The second-order valence-electron chi connectivity index (χ2n) is 5.17. The van der Waals surface area contributed by atoms with E-state index in [0.29, 0.717) is 5.02 Å². The highest BCUT2D eigenvalue weighted by Crippen LogP contribution is 2.32. The number of ketones is 1. The van der Waals surface area contributed by atoms with Gasteiger partial charge in [-0.25, -0.2) is 0 Å². The van der Waals surface area contributed by atoms with E-state index in [1.54, 1.807) is 10.8 Å². The van der Waals surface area contributed by atoms with Crippen molar-refractivity contribution in [2.24, 2.45) is 0 Å². The van der Waals surface area contributed by atoms with Crippen molar-refractivity contribution in [3.63, 3.8) is 0 Å². The molecule has 1 aromatic heterocycles. The number of Topliss-reactive ketones (excluding diaryl/α,β-unsaturated/α-hetero) is 1. The van der Waals surface area contributed by atoms with Gasteiger partial charge in [-0.05, 0) is 17.2 Å². The number of halogens is 1. The monoisotopic (exact) mass is 339 g/mol. The van der Waals surface area contributed by atoms with Crippen LogP contribution in [0.1, 0.15) is 0 Å². The summed E-state index contributed by atoms with van der Waals surface area (Å²) in [5, 5.41) is 1.28. The first-order chi connectivity index (χ1) is 11.7. The lowest BCUT2D eigenvalue weighted by Crippen LogP contribution is -2.09. The van der Waals surface area contributed by atoms with E-state index in [4.69, 9.17) is 16.3 Å². The normalized spacial score (nSPS) is 11.5. The smallest absolute Gasteiger partial charge is 0.245 e. The van der Waals surface area contributed by atoms with Gasteiger partial charge in [-0.2, -0.15) is 0 Å². The zero-order chi connectivity index (χ0) is 17.1. The van der Waals surface area contributed by atoms with E-state index in [1.807, 2.05) is 48.5 Å². The number of fused-ring (bicyclic) bond motifs is 1. The molecule has 4 nitrogen and oxygen atoms in total. The third-order valence-electron chi connectivity index (χ3n) is 3.71. The van der Waals surface area contributed by atoms with E-state index in [1.165, 1.54) is 13.4 Å². The summed E-state index contributed by atoms with van der Waals surface area (Å²) in [6, 6.07) is 15.6. The van der Waals surface area contributed by atoms with Crippen LogP contribution >= 0.6 is 11.6 Å². The Labute approximate surface area is 143 Å². The minimum Gasteiger partial charge on any atom is -0.502 e. The highest BCUT2D eigenvalue weighted by molar-refractivity contribution is 6.44. The van der Waals surface area contributed by atoms with Crippen molar-refractivity contribution in [2.75, 3.05) is 7.11 Å². The number of carbonyl (C=O) groups is 2. The Morgan fingerprint density at radius 3 is 2.54 bits per heavy atom. The second kappa shape index (κ2) is 6.72. The molecule has 0 fully saturated rings. The number of aldehydes is 1. The number of benzene rings is 2. The number of nitrogens with zero attached hydrogens (tertiary/aromatic N) is 1. The first-order valence-electron chi connectivity index (χ1n) is 7.24. The predicted octanol–water partition coefficient (Wildman–Crippen LogP) is 4.17. The fourth-order valence-corrected chi connectivity index (χ4v) is 2.86. The molecular weight excluding hydrogens is 326 g/mol. The minimum absolute atomic E-state index is 0.106. The number of methoxy groups -OCH3 is 1. The highest BCUT2D eigenvalue weighted by Gasteiger charge is 2.17. The van der Waals surface area contributed by atoms with E-state index in [9.17, 15) is 9.59 Å². The van der Waals surface area contributed by atoms with E-state index in [-0.39, 0.29) is 12.0 Å². The number of hydrogen-bond acceptors (Lipinski definition) is 3. The topological polar surface area (TPSA) is 48.3 Å². The van der Waals surface area contributed by atoms with Gasteiger partial charge in [-0.3, -0.25) is 9.59 Å². The average Bonchev–Trinajstić information content (AvgIpc) is 2.95. The Kier molecular flexibility index (Phi) is 4.49. The Morgan fingerprint density at radius 2 is 1.88 bits per heavy atom. The van der Waals surface area contributed by atoms with Crippen LogP contribution in [-0.4, -0.2) is 23.7 Å². The van der Waals surface area contributed by atoms with Crippen LogP contribution in [-0.2, 0) is 14.3 Å². The van der Waals surface area contributed by atoms with Crippen LogP contribution in [0.2, 0.25) is 5.02 Å². The SMILES string of the molecule is CO/C=C(/C(=O)C=O)n1cc(Cl)c2ccc(-c3ccccc3)cc21. The first-order valence-corrected chi connectivity index (χ1v) is 7.62. The van der Waals surface area contributed by atoms with Gasteiger partial charge >= 0.3 is 0 Å². The Balaban J connectivity index is 2.23. The lowest BCUT2D eigenvalue weighted by atomic mass is 10.0. The largest absolute Gasteiger partial charge is 0.502 e. The number of ether oxygens (including phenoxy) is 1. The molecule has 0 spiro atoms. The number of allylic oxidation sites excluding steroid dienone is 1. The summed E-state index contributed by atoms with van der Waals surface area (Å²) in [4.78, 5) is 22.9. The van der Waals surface area contributed by atoms with Gasteiger partial charge in [0.05, 0.1) is 17.6 Å². The number of carbonyl (C=O) groups excluding carboxylic acids is 2. The second-order valence-corrected chi connectivity index (χ2v) is 5.57. The molecular formula is C19H14ClNO3. The third kappa shape index (κ3) is 2.84. The van der Waals surface area contributed by atoms with Crippen molar-refractivity contribution < 1.29 is 14.3 Å². The van der Waals surface area contributed by atoms with Crippen LogP contribution in [0.5, 0.6) is 0 Å². The Bertz CT molecular complexity index is 942. The molecule has 2 aromatic carbocycles. The van der Waals surface area contributed by atoms with Gasteiger partial charge in [0, 0.05) is 11.6 Å². The molecule has 0 aliphatic carbocycles. The molecule has 3 rings (SSSR count). The van der Waals surface area contributed by atoms with Gasteiger partial charge in [-0.1, -0.05) is 54.1 Å². The minimum atomic E-state index is -0.685. The van der Waals surface area contributed by atoms with Crippen molar-refractivity contribution in [3.05, 3.63) is 66.0 Å². The maximum absolute atomic E-state index is 11.9. The summed E-state index contributed by atoms with van der Waals surface area (Å²) in [5.41, 5.74) is 2.85. The van der Waals surface area contributed by atoms with Crippen LogP contribution in [0.15, 0.2) is 61.0 Å². The van der Waals surface area contributed by atoms with Crippen molar-refractivity contribution in [1.82, 2.24) is 4.57 Å². The molecule has 24 heavy (non-hydrogen) atoms. The highest BCUT2D eigenvalue weighted by atomic mass is 35.5. The third-order valence-corrected chi connectivity index (χ3v) is 4.01. The van der Waals surface area contributed by atoms with E-state index in [0.717, 1.165) is 22.0 Å². The number of hydrogen-bond donors (Lipinski definition) is 0. The van der Waals surface area contributed by atoms with Crippen molar-refractivity contribution in [2.45, 2.75) is 0 Å². The van der Waals surface area contributed by atoms with Gasteiger partial charge in [0.15, 0.2) is 6.29 Å². The summed E-state index contributed by atoms with van der Waals surface area (Å²) < 4.78 is 6.52. The van der Waals surface area contributed by atoms with Crippen molar-refractivity contribution in [3.8, 4) is 11.1 Å². The van der Waals surface area contributed by atoms with Crippen LogP contribution in [0.25, 0.3) is 27.7 Å².